The fourth-order valence-electron chi connectivity index (χ4n) is 7.42. The minimum absolute atomic E-state index is 0.0958. The Bertz CT molecular complexity index is 1160. The minimum Gasteiger partial charge on any atom is -0.748 e. The second-order valence-electron chi connectivity index (χ2n) is 11.5. The van der Waals surface area contributed by atoms with Crippen molar-refractivity contribution >= 4 is 60.4 Å². The van der Waals surface area contributed by atoms with Crippen molar-refractivity contribution in [3.05, 3.63) is 11.1 Å². The van der Waals surface area contributed by atoms with Crippen molar-refractivity contribution in [2.75, 3.05) is 24.6 Å². The highest BCUT2D eigenvalue weighted by Gasteiger charge is 2.52. The highest BCUT2D eigenvalue weighted by molar-refractivity contribution is 8.15. The third kappa shape index (κ3) is 7.07. The van der Waals surface area contributed by atoms with Crippen LogP contribution in [0.25, 0.3) is 0 Å². The Labute approximate surface area is 240 Å². The maximum Gasteiger partial charge on any atom is 0.265 e. The molecule has 8 nitrogen and oxygen atoms in total. The first kappa shape index (κ1) is 29.5. The summed E-state index contributed by atoms with van der Waals surface area (Å²) in [6.45, 7) is 1.09. The predicted octanol–water partition coefficient (Wildman–Crippen LogP) is 4.11. The van der Waals surface area contributed by atoms with Crippen LogP contribution in [-0.4, -0.2) is 93.0 Å². The summed E-state index contributed by atoms with van der Waals surface area (Å²) >= 11 is 10.3. The molecule has 38 heavy (non-hydrogen) atoms. The van der Waals surface area contributed by atoms with Gasteiger partial charge in [-0.05, 0) is 69.0 Å². The van der Waals surface area contributed by atoms with Gasteiger partial charge in [0.05, 0.1) is 26.1 Å². The maximum absolute atomic E-state index is 11.5. The van der Waals surface area contributed by atoms with Gasteiger partial charge in [-0.15, -0.1) is 23.4 Å². The molecular weight excluding hydrogens is 588 g/mol. The van der Waals surface area contributed by atoms with Gasteiger partial charge in [0.15, 0.2) is 6.04 Å². The molecule has 1 N–H and O–H groups in total. The molecule has 5 rings (SSSR count). The summed E-state index contributed by atoms with van der Waals surface area (Å²) in [5.74, 6) is 0.737. The third-order valence-corrected chi connectivity index (χ3v) is 13.9. The first-order chi connectivity index (χ1) is 18.0. The molecule has 0 aromatic carbocycles. The van der Waals surface area contributed by atoms with Crippen LogP contribution in [-0.2, 0) is 20.2 Å². The number of nitrogens with zero attached hydrogens (tertiary/aromatic N) is 2. The van der Waals surface area contributed by atoms with Crippen LogP contribution >= 0.6 is 35.1 Å². The van der Waals surface area contributed by atoms with E-state index in [4.69, 9.17) is 11.6 Å². The molecule has 0 spiro atoms. The second kappa shape index (κ2) is 12.1. The van der Waals surface area contributed by atoms with Crippen molar-refractivity contribution < 1.29 is 30.5 Å². The van der Waals surface area contributed by atoms with Crippen LogP contribution < -0.4 is 0 Å². The van der Waals surface area contributed by atoms with Crippen LogP contribution in [0.2, 0.25) is 0 Å². The minimum atomic E-state index is -4.27. The first-order valence-electron chi connectivity index (χ1n) is 14.0. The summed E-state index contributed by atoms with van der Waals surface area (Å²) in [6, 6.07) is 0.606. The molecule has 0 aromatic heterocycles. The van der Waals surface area contributed by atoms with E-state index in [2.05, 4.69) is 15.6 Å². The SMILES string of the molecule is O=S(=O)([O-])CCCN1C(=CC2=[N+](CCCS(=O)(=O)O)C3C(CCC4CCCCC43)S2)SC2CCC(Cl)CC21. The fourth-order valence-corrected chi connectivity index (χ4v) is 11.9. The molecule has 2 heterocycles. The highest BCUT2D eigenvalue weighted by atomic mass is 35.5. The van der Waals surface area contributed by atoms with Crippen molar-refractivity contribution in [2.24, 2.45) is 11.8 Å². The van der Waals surface area contributed by atoms with Crippen LogP contribution in [0.5, 0.6) is 0 Å². The second-order valence-corrected chi connectivity index (χ2v) is 17.8. The zero-order chi connectivity index (χ0) is 27.1. The third-order valence-electron chi connectivity index (χ3n) is 9.01. The van der Waals surface area contributed by atoms with Gasteiger partial charge in [-0.2, -0.15) is 8.42 Å². The van der Waals surface area contributed by atoms with Crippen LogP contribution in [0.4, 0.5) is 0 Å². The van der Waals surface area contributed by atoms with Gasteiger partial charge >= 0.3 is 0 Å². The first-order valence-corrected chi connectivity index (χ1v) is 19.3. The molecule has 13 heteroatoms. The lowest BCUT2D eigenvalue weighted by molar-refractivity contribution is -0.572. The molecule has 0 radical (unpaired) electrons. The van der Waals surface area contributed by atoms with E-state index in [0.29, 0.717) is 42.0 Å². The standard InChI is InChI=1S/C25H39ClN2O6S4/c26-18-8-10-21-20(15-18)27(11-3-13-37(29,30)31)23(35-21)16-24-28(12-4-14-38(32,33)34)25-19-6-2-1-5-17(19)7-9-22(25)36-24/h16-22,25H,1-15H2,(H-,29,30,31,32,33,34). The summed E-state index contributed by atoms with van der Waals surface area (Å²) < 4.78 is 68.6. The van der Waals surface area contributed by atoms with Crippen molar-refractivity contribution in [1.29, 1.82) is 0 Å². The summed E-state index contributed by atoms with van der Waals surface area (Å²) in [4.78, 5) is 2.28. The lowest BCUT2D eigenvalue weighted by Crippen LogP contribution is -2.46. The molecule has 2 aliphatic heterocycles. The Kier molecular flexibility index (Phi) is 9.39. The highest BCUT2D eigenvalue weighted by Crippen LogP contribution is 2.50. The largest absolute Gasteiger partial charge is 0.748 e. The molecule has 0 aromatic rings. The average molecular weight is 627 g/mol. The van der Waals surface area contributed by atoms with Gasteiger partial charge in [0.1, 0.15) is 6.54 Å². The number of hydrogen-bond acceptors (Lipinski definition) is 8. The lowest BCUT2D eigenvalue weighted by atomic mass is 9.68. The number of alkyl halides is 1. The smallest absolute Gasteiger partial charge is 0.265 e. The van der Waals surface area contributed by atoms with E-state index < -0.39 is 20.2 Å². The molecule has 0 bridgehead atoms. The molecule has 7 unspecified atom stereocenters. The van der Waals surface area contributed by atoms with E-state index in [1.165, 1.54) is 32.1 Å². The zero-order valence-corrected chi connectivity index (χ0v) is 25.6. The van der Waals surface area contributed by atoms with Gasteiger partial charge in [0.25, 0.3) is 10.1 Å². The molecule has 3 saturated carbocycles. The summed E-state index contributed by atoms with van der Waals surface area (Å²) in [5.41, 5.74) is 0. The zero-order valence-electron chi connectivity index (χ0n) is 21.6. The Morgan fingerprint density at radius 2 is 1.76 bits per heavy atom. The van der Waals surface area contributed by atoms with Gasteiger partial charge in [-0.1, -0.05) is 12.8 Å². The number of thioether (sulfide) groups is 2. The van der Waals surface area contributed by atoms with E-state index in [1.54, 1.807) is 0 Å². The van der Waals surface area contributed by atoms with Crippen LogP contribution in [0.3, 0.4) is 0 Å². The number of halogens is 1. The van der Waals surface area contributed by atoms with Crippen molar-refractivity contribution in [3.8, 4) is 0 Å². The number of hydrogen-bond donors (Lipinski definition) is 1. The summed E-state index contributed by atoms with van der Waals surface area (Å²) in [6.07, 6.45) is 13.2. The molecule has 3 aliphatic carbocycles. The Hall–Kier alpha value is 0.0200. The van der Waals surface area contributed by atoms with Crippen molar-refractivity contribution in [1.82, 2.24) is 4.90 Å². The molecule has 4 fully saturated rings. The molecule has 1 saturated heterocycles. The quantitative estimate of drug-likeness (QED) is 0.229. The normalized spacial score (nSPS) is 36.9. The molecule has 216 valence electrons. The lowest BCUT2D eigenvalue weighted by Gasteiger charge is -2.40. The van der Waals surface area contributed by atoms with Crippen molar-refractivity contribution in [3.63, 3.8) is 0 Å². The van der Waals surface area contributed by atoms with E-state index in [9.17, 15) is 25.9 Å². The Morgan fingerprint density at radius 3 is 2.53 bits per heavy atom. The Morgan fingerprint density at radius 1 is 1.00 bits per heavy atom. The average Bonchev–Trinajstić information content (AvgIpc) is 3.35. The van der Waals surface area contributed by atoms with Gasteiger partial charge in [0, 0.05) is 47.4 Å². The predicted molar refractivity (Wildman–Crippen MR) is 154 cm³/mol. The van der Waals surface area contributed by atoms with Crippen LogP contribution in [0.1, 0.15) is 70.6 Å². The molecule has 5 aliphatic rings. The Balaban J connectivity index is 1.45. The summed E-state index contributed by atoms with van der Waals surface area (Å²) in [5, 5.41) is 3.23. The van der Waals surface area contributed by atoms with E-state index in [-0.39, 0.29) is 29.3 Å². The van der Waals surface area contributed by atoms with Crippen LogP contribution in [0, 0.1) is 11.8 Å². The molecule has 0 amide bonds. The summed E-state index contributed by atoms with van der Waals surface area (Å²) in [7, 11) is -8.29. The van der Waals surface area contributed by atoms with Crippen molar-refractivity contribution in [2.45, 2.75) is 98.6 Å². The molecule has 7 atom stereocenters. The van der Waals surface area contributed by atoms with E-state index in [0.717, 1.165) is 41.7 Å². The van der Waals surface area contributed by atoms with Crippen LogP contribution in [0.15, 0.2) is 11.1 Å². The van der Waals surface area contributed by atoms with Gasteiger partial charge in [-0.25, -0.2) is 13.0 Å². The van der Waals surface area contributed by atoms with Gasteiger partial charge in [0.2, 0.25) is 5.04 Å². The van der Waals surface area contributed by atoms with E-state index >= 15 is 0 Å². The topological polar surface area (TPSA) is 118 Å². The maximum atomic E-state index is 11.5. The van der Waals surface area contributed by atoms with E-state index in [1.807, 2.05) is 23.5 Å². The molecular formula is C25H39ClN2O6S4. The van der Waals surface area contributed by atoms with Gasteiger partial charge in [-0.3, -0.25) is 4.55 Å². The fraction of sp³-hybridized carbons (Fsp3) is 0.880. The monoisotopic (exact) mass is 626 g/mol. The van der Waals surface area contributed by atoms with Gasteiger partial charge < -0.3 is 9.45 Å². The number of rotatable bonds is 9. The number of fused-ring (bicyclic) bond motifs is 4.